The predicted octanol–water partition coefficient (Wildman–Crippen LogP) is 1.77. The molecule has 0 bridgehead atoms. The van der Waals surface area contributed by atoms with Crippen LogP contribution in [0.2, 0.25) is 0 Å². The Balaban J connectivity index is 2.71. The summed E-state index contributed by atoms with van der Waals surface area (Å²) in [4.78, 5) is 4.10. The number of nitrogens with one attached hydrogen (secondary N) is 1. The van der Waals surface area contributed by atoms with Crippen molar-refractivity contribution in [3.8, 4) is 0 Å². The molecule has 14 heavy (non-hydrogen) atoms. The molecule has 1 aromatic rings. The molecule has 0 saturated heterocycles. The van der Waals surface area contributed by atoms with Crippen LogP contribution in [0.3, 0.4) is 0 Å². The molecule has 0 aromatic carbocycles. The van der Waals surface area contributed by atoms with Crippen molar-refractivity contribution in [1.82, 2.24) is 10.3 Å². The summed E-state index contributed by atoms with van der Waals surface area (Å²) in [6.45, 7) is 4.81. The Hall–Kier alpha value is -0.930. The summed E-state index contributed by atoms with van der Waals surface area (Å²) in [5.41, 5.74) is 1.16. The van der Waals surface area contributed by atoms with Gasteiger partial charge in [-0.1, -0.05) is 6.07 Å². The number of hydrogen-bond donors (Lipinski definition) is 1. The van der Waals surface area contributed by atoms with E-state index < -0.39 is 0 Å². The van der Waals surface area contributed by atoms with E-state index in [1.807, 2.05) is 26.2 Å². The molecular formula is C11H18N2O. The standard InChI is InChI=1S/C11H18N2O/c1-4-14-9(2)11(12-3)10-6-5-7-13-8-10/h5-9,11-12H,4H2,1-3H3. The lowest BCUT2D eigenvalue weighted by molar-refractivity contribution is 0.0492. The van der Waals surface area contributed by atoms with Crippen LogP contribution in [0.4, 0.5) is 0 Å². The largest absolute Gasteiger partial charge is 0.377 e. The molecule has 1 heterocycles. The highest BCUT2D eigenvalue weighted by Gasteiger charge is 2.17. The molecule has 3 heteroatoms. The van der Waals surface area contributed by atoms with Gasteiger partial charge < -0.3 is 10.1 Å². The molecule has 1 N–H and O–H groups in total. The van der Waals surface area contributed by atoms with Crippen molar-refractivity contribution in [1.29, 1.82) is 0 Å². The molecule has 0 aliphatic heterocycles. The number of ether oxygens (including phenoxy) is 1. The van der Waals surface area contributed by atoms with E-state index in [4.69, 9.17) is 4.74 Å². The molecule has 1 aromatic heterocycles. The number of nitrogens with zero attached hydrogens (tertiary/aromatic N) is 1. The molecular weight excluding hydrogens is 176 g/mol. The second-order valence-electron chi connectivity index (χ2n) is 3.21. The van der Waals surface area contributed by atoms with Gasteiger partial charge >= 0.3 is 0 Å². The Morgan fingerprint density at radius 1 is 1.57 bits per heavy atom. The monoisotopic (exact) mass is 194 g/mol. The van der Waals surface area contributed by atoms with Crippen molar-refractivity contribution in [3.05, 3.63) is 30.1 Å². The SMILES string of the molecule is CCOC(C)C(NC)c1cccnc1. The first-order valence-electron chi connectivity index (χ1n) is 4.98. The second kappa shape index (κ2) is 5.73. The Morgan fingerprint density at radius 2 is 2.36 bits per heavy atom. The van der Waals surface area contributed by atoms with E-state index in [1.54, 1.807) is 6.20 Å². The average molecular weight is 194 g/mol. The highest BCUT2D eigenvalue weighted by molar-refractivity contribution is 5.14. The summed E-state index contributed by atoms with van der Waals surface area (Å²) >= 11 is 0. The Labute approximate surface area is 85.5 Å². The molecule has 2 atom stereocenters. The molecule has 0 saturated carbocycles. The molecule has 2 unspecified atom stereocenters. The fourth-order valence-corrected chi connectivity index (χ4v) is 1.59. The maximum Gasteiger partial charge on any atom is 0.0741 e. The van der Waals surface area contributed by atoms with Crippen LogP contribution in [-0.4, -0.2) is 24.7 Å². The smallest absolute Gasteiger partial charge is 0.0741 e. The minimum Gasteiger partial charge on any atom is -0.377 e. The van der Waals surface area contributed by atoms with Crippen LogP contribution in [0.15, 0.2) is 24.5 Å². The van der Waals surface area contributed by atoms with Crippen molar-refractivity contribution in [2.75, 3.05) is 13.7 Å². The van der Waals surface area contributed by atoms with Gasteiger partial charge in [0, 0.05) is 19.0 Å². The van der Waals surface area contributed by atoms with Gasteiger partial charge in [0.2, 0.25) is 0 Å². The number of likely N-dealkylation sites (N-methyl/N-ethyl adjacent to an activating group) is 1. The maximum atomic E-state index is 5.56. The first-order valence-corrected chi connectivity index (χ1v) is 4.98. The molecule has 0 fully saturated rings. The summed E-state index contributed by atoms with van der Waals surface area (Å²) in [5.74, 6) is 0. The van der Waals surface area contributed by atoms with Gasteiger partial charge in [0.15, 0.2) is 0 Å². The van der Waals surface area contributed by atoms with Crippen molar-refractivity contribution in [3.63, 3.8) is 0 Å². The van der Waals surface area contributed by atoms with Gasteiger partial charge in [0.25, 0.3) is 0 Å². The normalized spacial score (nSPS) is 15.1. The van der Waals surface area contributed by atoms with Gasteiger partial charge in [0.1, 0.15) is 0 Å². The van der Waals surface area contributed by atoms with Crippen LogP contribution in [-0.2, 0) is 4.74 Å². The summed E-state index contributed by atoms with van der Waals surface area (Å²) in [7, 11) is 1.94. The Morgan fingerprint density at radius 3 is 2.86 bits per heavy atom. The van der Waals surface area contributed by atoms with Gasteiger partial charge in [-0.3, -0.25) is 4.98 Å². The quantitative estimate of drug-likeness (QED) is 0.775. The molecule has 0 radical (unpaired) electrons. The Kier molecular flexibility index (Phi) is 4.56. The number of rotatable bonds is 5. The van der Waals surface area contributed by atoms with E-state index in [2.05, 4.69) is 23.3 Å². The first kappa shape index (κ1) is 11.1. The maximum absolute atomic E-state index is 5.56. The summed E-state index contributed by atoms with van der Waals surface area (Å²) in [6, 6.07) is 4.21. The van der Waals surface area contributed by atoms with E-state index in [0.717, 1.165) is 12.2 Å². The summed E-state index contributed by atoms with van der Waals surface area (Å²) in [5, 5.41) is 3.24. The van der Waals surface area contributed by atoms with E-state index in [0.29, 0.717) is 0 Å². The van der Waals surface area contributed by atoms with Gasteiger partial charge in [-0.25, -0.2) is 0 Å². The highest BCUT2D eigenvalue weighted by atomic mass is 16.5. The van der Waals surface area contributed by atoms with Gasteiger partial charge in [0.05, 0.1) is 12.1 Å². The molecule has 0 aliphatic rings. The third kappa shape index (κ3) is 2.79. The average Bonchev–Trinajstić information content (AvgIpc) is 2.21. The third-order valence-corrected chi connectivity index (χ3v) is 2.25. The predicted molar refractivity (Wildman–Crippen MR) is 57.1 cm³/mol. The molecule has 78 valence electrons. The van der Waals surface area contributed by atoms with Gasteiger partial charge in [-0.2, -0.15) is 0 Å². The van der Waals surface area contributed by atoms with Crippen molar-refractivity contribution >= 4 is 0 Å². The molecule has 0 spiro atoms. The van der Waals surface area contributed by atoms with Crippen LogP contribution in [0.1, 0.15) is 25.5 Å². The first-order chi connectivity index (χ1) is 6.79. The van der Waals surface area contributed by atoms with Crippen LogP contribution in [0.5, 0.6) is 0 Å². The van der Waals surface area contributed by atoms with Crippen LogP contribution in [0.25, 0.3) is 0 Å². The van der Waals surface area contributed by atoms with Crippen molar-refractivity contribution in [2.24, 2.45) is 0 Å². The second-order valence-corrected chi connectivity index (χ2v) is 3.21. The van der Waals surface area contributed by atoms with Crippen LogP contribution >= 0.6 is 0 Å². The fourth-order valence-electron chi connectivity index (χ4n) is 1.59. The molecule has 3 nitrogen and oxygen atoms in total. The zero-order valence-electron chi connectivity index (χ0n) is 9.03. The number of hydrogen-bond acceptors (Lipinski definition) is 3. The van der Waals surface area contributed by atoms with Crippen molar-refractivity contribution in [2.45, 2.75) is 26.0 Å². The zero-order valence-corrected chi connectivity index (χ0v) is 9.03. The van der Waals surface area contributed by atoms with E-state index in [1.165, 1.54) is 0 Å². The minimum absolute atomic E-state index is 0.161. The fraction of sp³-hybridized carbons (Fsp3) is 0.545. The van der Waals surface area contributed by atoms with Gasteiger partial charge in [-0.15, -0.1) is 0 Å². The summed E-state index contributed by atoms with van der Waals surface area (Å²) in [6.07, 6.45) is 3.81. The lowest BCUT2D eigenvalue weighted by atomic mass is 10.0. The highest BCUT2D eigenvalue weighted by Crippen LogP contribution is 2.17. The lowest BCUT2D eigenvalue weighted by Gasteiger charge is -2.23. The van der Waals surface area contributed by atoms with Crippen molar-refractivity contribution < 1.29 is 4.74 Å². The number of aromatic nitrogens is 1. The molecule has 1 rings (SSSR count). The third-order valence-electron chi connectivity index (χ3n) is 2.25. The van der Waals surface area contributed by atoms with Gasteiger partial charge in [-0.05, 0) is 32.5 Å². The zero-order chi connectivity index (χ0) is 10.4. The number of pyridine rings is 1. The molecule has 0 aliphatic carbocycles. The lowest BCUT2D eigenvalue weighted by Crippen LogP contribution is -2.29. The minimum atomic E-state index is 0.161. The topological polar surface area (TPSA) is 34.1 Å². The van der Waals surface area contributed by atoms with Crippen LogP contribution < -0.4 is 5.32 Å². The summed E-state index contributed by atoms with van der Waals surface area (Å²) < 4.78 is 5.56. The van der Waals surface area contributed by atoms with E-state index in [-0.39, 0.29) is 12.1 Å². The van der Waals surface area contributed by atoms with E-state index in [9.17, 15) is 0 Å². The Bertz CT molecular complexity index is 251. The molecule has 0 amide bonds. The van der Waals surface area contributed by atoms with Crippen LogP contribution in [0, 0.1) is 0 Å². The van der Waals surface area contributed by atoms with E-state index >= 15 is 0 Å².